The fourth-order valence-corrected chi connectivity index (χ4v) is 4.98. The lowest BCUT2D eigenvalue weighted by Crippen LogP contribution is -2.30. The van der Waals surface area contributed by atoms with Crippen molar-refractivity contribution in [3.63, 3.8) is 0 Å². The van der Waals surface area contributed by atoms with Crippen molar-refractivity contribution in [1.29, 1.82) is 0 Å². The van der Waals surface area contributed by atoms with Gasteiger partial charge < -0.3 is 19.1 Å². The first-order valence-corrected chi connectivity index (χ1v) is 16.6. The lowest BCUT2D eigenvalue weighted by atomic mass is 9.89. The zero-order valence-corrected chi connectivity index (χ0v) is 28.7. The number of imidazole rings is 1. The molecule has 11 heteroatoms. The highest BCUT2D eigenvalue weighted by atomic mass is 19.4. The van der Waals surface area contributed by atoms with E-state index in [0.717, 1.165) is 25.5 Å². The summed E-state index contributed by atoms with van der Waals surface area (Å²) in [5.74, 6) is -0.585. The highest BCUT2D eigenvalue weighted by Crippen LogP contribution is 2.33. The van der Waals surface area contributed by atoms with Crippen LogP contribution in [0.4, 0.5) is 13.2 Å². The van der Waals surface area contributed by atoms with E-state index < -0.39 is 29.5 Å². The number of carboxylic acids is 1. The minimum Gasteiger partial charge on any atom is -0.481 e. The van der Waals surface area contributed by atoms with E-state index in [4.69, 9.17) is 9.47 Å². The predicted molar refractivity (Wildman–Crippen MR) is 177 cm³/mol. The van der Waals surface area contributed by atoms with Gasteiger partial charge in [0.2, 0.25) is 5.88 Å². The van der Waals surface area contributed by atoms with Crippen LogP contribution in [0.1, 0.15) is 118 Å². The van der Waals surface area contributed by atoms with E-state index >= 15 is 0 Å². The molecule has 0 radical (unpaired) electrons. The van der Waals surface area contributed by atoms with Gasteiger partial charge in [0.1, 0.15) is 18.7 Å². The number of alkyl halides is 3. The molecule has 3 heterocycles. The fourth-order valence-electron chi connectivity index (χ4n) is 4.98. The van der Waals surface area contributed by atoms with Crippen molar-refractivity contribution < 1.29 is 32.5 Å². The number of ether oxygens (including phenoxy) is 2. The van der Waals surface area contributed by atoms with E-state index in [9.17, 15) is 23.1 Å². The van der Waals surface area contributed by atoms with Gasteiger partial charge in [-0.25, -0.2) is 9.97 Å². The molecule has 3 rings (SSSR count). The van der Waals surface area contributed by atoms with Gasteiger partial charge in [-0.2, -0.15) is 13.2 Å². The quantitative estimate of drug-likeness (QED) is 0.128. The molecule has 0 bridgehead atoms. The Bertz CT molecular complexity index is 1380. The molecule has 0 saturated heterocycles. The highest BCUT2D eigenvalue weighted by Gasteiger charge is 2.35. The Morgan fingerprint density at radius 3 is 1.98 bits per heavy atom. The number of aromatic nitrogens is 4. The third-order valence-corrected chi connectivity index (χ3v) is 8.06. The van der Waals surface area contributed by atoms with Crippen molar-refractivity contribution in [2.24, 2.45) is 10.8 Å². The number of rotatable bonds is 19. The molecule has 3 aromatic heterocycles. The van der Waals surface area contributed by atoms with Crippen molar-refractivity contribution in [2.45, 2.75) is 118 Å². The van der Waals surface area contributed by atoms with Crippen LogP contribution >= 0.6 is 0 Å². The molecule has 0 saturated carbocycles. The molecule has 0 aliphatic rings. The maximum Gasteiger partial charge on any atom is 0.434 e. The number of carboxylic acid groups (broad SMARTS) is 1. The maximum absolute atomic E-state index is 13.6. The number of pyridine rings is 2. The molecule has 47 heavy (non-hydrogen) atoms. The van der Waals surface area contributed by atoms with Crippen molar-refractivity contribution in [3.05, 3.63) is 48.5 Å². The number of nitrogens with zero attached hydrogens (tertiary/aromatic N) is 4. The number of unbranched alkanes of at least 4 members (excludes halogenated alkanes) is 8. The van der Waals surface area contributed by atoms with E-state index in [1.165, 1.54) is 55.7 Å². The Labute approximate surface area is 277 Å². The largest absolute Gasteiger partial charge is 0.481 e. The summed E-state index contributed by atoms with van der Waals surface area (Å²) in [6.07, 6.45) is 10.6. The number of carbonyl (C=O) groups is 1. The Balaban J connectivity index is 1.52. The molecule has 0 amide bonds. The van der Waals surface area contributed by atoms with Crippen molar-refractivity contribution >= 4 is 5.97 Å². The third-order valence-electron chi connectivity index (χ3n) is 8.06. The van der Waals surface area contributed by atoms with E-state index in [0.29, 0.717) is 28.8 Å². The fraction of sp³-hybridized carbons (Fsp3) is 0.611. The first-order chi connectivity index (χ1) is 22.1. The van der Waals surface area contributed by atoms with Gasteiger partial charge in [-0.1, -0.05) is 72.1 Å². The number of hydrogen-bond acceptors (Lipinski definition) is 6. The van der Waals surface area contributed by atoms with Crippen LogP contribution in [0.5, 0.6) is 5.88 Å². The first kappa shape index (κ1) is 38.0. The van der Waals surface area contributed by atoms with Gasteiger partial charge in [0.25, 0.3) is 0 Å². The summed E-state index contributed by atoms with van der Waals surface area (Å²) in [5, 5.41) is 9.25. The molecule has 260 valence electrons. The summed E-state index contributed by atoms with van der Waals surface area (Å²) in [4.78, 5) is 23.9. The Hall–Kier alpha value is -3.47. The summed E-state index contributed by atoms with van der Waals surface area (Å²) in [5.41, 5.74) is -0.00820. The monoisotopic (exact) mass is 660 g/mol. The average molecular weight is 661 g/mol. The molecular formula is C36H51F3N4O4. The Morgan fingerprint density at radius 1 is 0.851 bits per heavy atom. The molecule has 0 spiro atoms. The van der Waals surface area contributed by atoms with Crippen LogP contribution in [-0.4, -0.2) is 43.8 Å². The zero-order valence-electron chi connectivity index (χ0n) is 28.7. The minimum absolute atomic E-state index is 0.0470. The summed E-state index contributed by atoms with van der Waals surface area (Å²) in [6, 6.07) is 6.69. The summed E-state index contributed by atoms with van der Waals surface area (Å²) < 4.78 is 53.8. The molecule has 1 atom stereocenters. The number of hydrogen-bond donors (Lipinski definition) is 1. The minimum atomic E-state index is -4.60. The van der Waals surface area contributed by atoms with Crippen LogP contribution in [0.25, 0.3) is 22.6 Å². The van der Waals surface area contributed by atoms with Gasteiger partial charge in [-0.05, 0) is 57.2 Å². The summed E-state index contributed by atoms with van der Waals surface area (Å²) >= 11 is 0. The second-order valence-corrected chi connectivity index (χ2v) is 14.1. The third kappa shape index (κ3) is 12.6. The second-order valence-electron chi connectivity index (χ2n) is 14.1. The average Bonchev–Trinajstić information content (AvgIpc) is 3.47. The van der Waals surface area contributed by atoms with Gasteiger partial charge in [0.05, 0.1) is 11.1 Å². The Morgan fingerprint density at radius 2 is 1.45 bits per heavy atom. The molecule has 1 N–H and O–H groups in total. The zero-order chi connectivity index (χ0) is 34.7. The van der Waals surface area contributed by atoms with E-state index in [2.05, 4.69) is 35.7 Å². The molecule has 3 aromatic rings. The topological polar surface area (TPSA) is 99.4 Å². The second kappa shape index (κ2) is 17.1. The first-order valence-electron chi connectivity index (χ1n) is 16.6. The van der Waals surface area contributed by atoms with Gasteiger partial charge in [-0.3, -0.25) is 9.78 Å². The van der Waals surface area contributed by atoms with Gasteiger partial charge in [-0.15, -0.1) is 0 Å². The molecular weight excluding hydrogens is 609 g/mol. The van der Waals surface area contributed by atoms with Crippen LogP contribution in [-0.2, 0) is 15.7 Å². The standard InChI is InChI=1S/C36H51F3N4O4/c1-26(46-21-15-13-11-9-7-8-10-12-14-20-34(2,3)4)43-24-30(36(37,38)39)42-32(43)28-16-18-29(40-23-28)27-17-19-31(41-22-27)47-25-35(5,6)33(44)45/h16-19,22-24,26H,7-15,20-21,25H2,1-6H3,(H,44,45). The molecule has 0 aromatic carbocycles. The van der Waals surface area contributed by atoms with Crippen LogP contribution in [0.3, 0.4) is 0 Å². The van der Waals surface area contributed by atoms with Crippen molar-refractivity contribution in [1.82, 2.24) is 19.5 Å². The molecule has 0 aliphatic heterocycles. The maximum atomic E-state index is 13.6. The number of aliphatic carboxylic acids is 1. The van der Waals surface area contributed by atoms with Crippen molar-refractivity contribution in [2.75, 3.05) is 13.2 Å². The summed E-state index contributed by atoms with van der Waals surface area (Å²) in [7, 11) is 0. The Kier molecular flexibility index (Phi) is 13.8. The van der Waals surface area contributed by atoms with Crippen LogP contribution < -0.4 is 4.74 Å². The van der Waals surface area contributed by atoms with Gasteiger partial charge >= 0.3 is 12.1 Å². The van der Waals surface area contributed by atoms with Crippen molar-refractivity contribution in [3.8, 4) is 28.5 Å². The normalized spacial score (nSPS) is 13.1. The molecule has 0 fully saturated rings. The van der Waals surface area contributed by atoms with Crippen LogP contribution in [0.15, 0.2) is 42.9 Å². The predicted octanol–water partition coefficient (Wildman–Crippen LogP) is 10.00. The van der Waals surface area contributed by atoms with Gasteiger partial charge in [0.15, 0.2) is 5.69 Å². The lowest BCUT2D eigenvalue weighted by Gasteiger charge is -2.19. The van der Waals surface area contributed by atoms with E-state index in [1.54, 1.807) is 51.2 Å². The smallest absolute Gasteiger partial charge is 0.434 e. The van der Waals surface area contributed by atoms with Gasteiger partial charge in [0, 0.05) is 42.4 Å². The molecule has 1 unspecified atom stereocenters. The van der Waals surface area contributed by atoms with Crippen LogP contribution in [0.2, 0.25) is 0 Å². The lowest BCUT2D eigenvalue weighted by molar-refractivity contribution is -0.148. The SMILES string of the molecule is CC(OCCCCCCCCCCCC(C)(C)C)n1cc(C(F)(F)F)nc1-c1ccc(-c2ccc(OCC(C)(C)C(=O)O)nc2)nc1. The summed E-state index contributed by atoms with van der Waals surface area (Å²) in [6.45, 7) is 12.1. The van der Waals surface area contributed by atoms with E-state index in [-0.39, 0.29) is 18.3 Å². The van der Waals surface area contributed by atoms with E-state index in [1.807, 2.05) is 0 Å². The highest BCUT2D eigenvalue weighted by molar-refractivity contribution is 5.73. The molecule has 8 nitrogen and oxygen atoms in total. The molecule has 0 aliphatic carbocycles. The van der Waals surface area contributed by atoms with Crippen LogP contribution in [0, 0.1) is 10.8 Å². The number of halogens is 3.